The zero-order valence-corrected chi connectivity index (χ0v) is 13.1. The summed E-state index contributed by atoms with van der Waals surface area (Å²) in [5.74, 6) is 1.42. The first kappa shape index (κ1) is 14.9. The smallest absolute Gasteiger partial charge is 0.211 e. The molecule has 0 N–H and O–H groups in total. The van der Waals surface area contributed by atoms with Crippen molar-refractivity contribution in [1.82, 2.24) is 14.9 Å². The third-order valence-corrected chi connectivity index (χ3v) is 3.44. The fourth-order valence-electron chi connectivity index (χ4n) is 1.59. The van der Waals surface area contributed by atoms with E-state index >= 15 is 0 Å². The molecule has 106 valence electrons. The lowest BCUT2D eigenvalue weighted by Crippen LogP contribution is -1.96. The maximum absolute atomic E-state index is 6.14. The Hall–Kier alpha value is -1.53. The van der Waals surface area contributed by atoms with Gasteiger partial charge in [0.25, 0.3) is 0 Å². The molecule has 1 aromatic carbocycles. The van der Waals surface area contributed by atoms with E-state index in [4.69, 9.17) is 16.3 Å². The van der Waals surface area contributed by atoms with Crippen LogP contribution in [0.1, 0.15) is 18.3 Å². The summed E-state index contributed by atoms with van der Waals surface area (Å²) in [5.41, 5.74) is 0.888. The first-order valence-corrected chi connectivity index (χ1v) is 7.68. The zero-order chi connectivity index (χ0) is 14.5. The van der Waals surface area contributed by atoms with Crippen LogP contribution in [-0.4, -0.2) is 34.0 Å². The minimum atomic E-state index is 0.571. The van der Waals surface area contributed by atoms with E-state index in [0.717, 1.165) is 16.5 Å². The van der Waals surface area contributed by atoms with Crippen LogP contribution in [0, 0.1) is 6.92 Å². The van der Waals surface area contributed by atoms with E-state index in [0.29, 0.717) is 17.4 Å². The molecular formula is C13H15ClN4OS. The highest BCUT2D eigenvalue weighted by Crippen LogP contribution is 2.24. The molecule has 7 heteroatoms. The SMILES string of the molecule is CCOc1ccc(/C=N\n2c(C)nnc2SC)cc1Cl. The van der Waals surface area contributed by atoms with Crippen LogP contribution < -0.4 is 4.74 Å². The van der Waals surface area contributed by atoms with Crippen LogP contribution in [0.15, 0.2) is 28.5 Å². The van der Waals surface area contributed by atoms with Crippen molar-refractivity contribution in [2.45, 2.75) is 19.0 Å². The summed E-state index contributed by atoms with van der Waals surface area (Å²) in [6.07, 6.45) is 3.65. The second kappa shape index (κ2) is 6.76. The molecule has 1 aromatic heterocycles. The van der Waals surface area contributed by atoms with Gasteiger partial charge >= 0.3 is 0 Å². The number of aryl methyl sites for hydroxylation is 1. The number of hydrogen-bond acceptors (Lipinski definition) is 5. The molecule has 0 unspecified atom stereocenters. The average Bonchev–Trinajstić information content (AvgIpc) is 2.80. The van der Waals surface area contributed by atoms with Crippen LogP contribution in [0.2, 0.25) is 5.02 Å². The molecule has 0 aliphatic rings. The Kier molecular flexibility index (Phi) is 5.03. The molecule has 0 fully saturated rings. The molecule has 20 heavy (non-hydrogen) atoms. The third-order valence-electron chi connectivity index (χ3n) is 2.53. The van der Waals surface area contributed by atoms with Crippen molar-refractivity contribution in [3.8, 4) is 5.75 Å². The number of nitrogens with zero attached hydrogens (tertiary/aromatic N) is 4. The summed E-state index contributed by atoms with van der Waals surface area (Å²) in [6, 6.07) is 5.55. The van der Waals surface area contributed by atoms with Crippen LogP contribution in [0.3, 0.4) is 0 Å². The molecule has 0 bridgehead atoms. The van der Waals surface area contributed by atoms with E-state index in [2.05, 4.69) is 15.3 Å². The molecule has 0 aliphatic heterocycles. The number of aromatic nitrogens is 3. The van der Waals surface area contributed by atoms with Gasteiger partial charge < -0.3 is 4.74 Å². The Balaban J connectivity index is 2.23. The Morgan fingerprint density at radius 2 is 2.25 bits per heavy atom. The Morgan fingerprint density at radius 3 is 2.90 bits per heavy atom. The van der Waals surface area contributed by atoms with Gasteiger partial charge in [0, 0.05) is 0 Å². The number of benzene rings is 1. The maximum atomic E-state index is 6.14. The summed E-state index contributed by atoms with van der Waals surface area (Å²) >= 11 is 7.63. The second-order valence-corrected chi connectivity index (χ2v) is 5.09. The van der Waals surface area contributed by atoms with E-state index in [9.17, 15) is 0 Å². The molecule has 0 saturated carbocycles. The first-order chi connectivity index (χ1) is 9.65. The maximum Gasteiger partial charge on any atom is 0.211 e. The molecule has 0 radical (unpaired) electrons. The van der Waals surface area contributed by atoms with Gasteiger partial charge in [-0.05, 0) is 43.9 Å². The summed E-state index contributed by atoms with van der Waals surface area (Å²) in [7, 11) is 0. The molecule has 0 atom stereocenters. The van der Waals surface area contributed by atoms with E-state index in [1.807, 2.05) is 38.3 Å². The molecule has 1 heterocycles. The average molecular weight is 311 g/mol. The lowest BCUT2D eigenvalue weighted by atomic mass is 10.2. The first-order valence-electron chi connectivity index (χ1n) is 6.08. The molecule has 0 spiro atoms. The molecule has 2 rings (SSSR count). The van der Waals surface area contributed by atoms with Gasteiger partial charge in [-0.15, -0.1) is 10.2 Å². The highest BCUT2D eigenvalue weighted by Gasteiger charge is 2.06. The number of hydrogen-bond donors (Lipinski definition) is 0. The normalized spacial score (nSPS) is 11.2. The fraction of sp³-hybridized carbons (Fsp3) is 0.308. The summed E-state index contributed by atoms with van der Waals surface area (Å²) < 4.78 is 7.08. The molecular weight excluding hydrogens is 296 g/mol. The van der Waals surface area contributed by atoms with E-state index in [-0.39, 0.29) is 0 Å². The van der Waals surface area contributed by atoms with Crippen LogP contribution in [-0.2, 0) is 0 Å². The molecule has 0 saturated heterocycles. The van der Waals surface area contributed by atoms with E-state index in [1.165, 1.54) is 11.8 Å². The topological polar surface area (TPSA) is 52.3 Å². The van der Waals surface area contributed by atoms with Crippen molar-refractivity contribution >= 4 is 29.6 Å². The Bertz CT molecular complexity index is 627. The molecule has 2 aromatic rings. The predicted molar refractivity (Wildman–Crippen MR) is 82.2 cm³/mol. The molecule has 0 amide bonds. The van der Waals surface area contributed by atoms with Crippen molar-refractivity contribution in [3.63, 3.8) is 0 Å². The highest BCUT2D eigenvalue weighted by molar-refractivity contribution is 7.98. The van der Waals surface area contributed by atoms with Crippen LogP contribution in [0.5, 0.6) is 5.75 Å². The van der Waals surface area contributed by atoms with Crippen molar-refractivity contribution in [2.75, 3.05) is 12.9 Å². The fourth-order valence-corrected chi connectivity index (χ4v) is 2.31. The lowest BCUT2D eigenvalue weighted by molar-refractivity contribution is 0.340. The minimum absolute atomic E-state index is 0.571. The number of halogens is 1. The van der Waals surface area contributed by atoms with Gasteiger partial charge in [-0.25, -0.2) is 0 Å². The summed E-state index contributed by atoms with van der Waals surface area (Å²) in [4.78, 5) is 0. The highest BCUT2D eigenvalue weighted by atomic mass is 35.5. The van der Waals surface area contributed by atoms with E-state index < -0.39 is 0 Å². The van der Waals surface area contributed by atoms with Crippen molar-refractivity contribution < 1.29 is 4.74 Å². The Labute approximate surface area is 127 Å². The van der Waals surface area contributed by atoms with Gasteiger partial charge in [0.2, 0.25) is 5.16 Å². The molecule has 0 aliphatic carbocycles. The van der Waals surface area contributed by atoms with Crippen LogP contribution in [0.4, 0.5) is 0 Å². The standard InChI is InChI=1S/C13H15ClN4OS/c1-4-19-12-6-5-10(7-11(12)14)8-15-18-9(2)16-17-13(18)20-3/h5-8H,4H2,1-3H3/b15-8-. The minimum Gasteiger partial charge on any atom is -0.492 e. The number of ether oxygens (including phenoxy) is 1. The molecule has 5 nitrogen and oxygen atoms in total. The monoisotopic (exact) mass is 310 g/mol. The largest absolute Gasteiger partial charge is 0.492 e. The number of rotatable bonds is 5. The van der Waals surface area contributed by atoms with Gasteiger partial charge in [0.15, 0.2) is 5.82 Å². The summed E-state index contributed by atoms with van der Waals surface area (Å²) in [6.45, 7) is 4.36. The van der Waals surface area contributed by atoms with Gasteiger partial charge in [-0.1, -0.05) is 23.4 Å². The summed E-state index contributed by atoms with van der Waals surface area (Å²) in [5, 5.41) is 13.7. The van der Waals surface area contributed by atoms with Gasteiger partial charge in [0.05, 0.1) is 17.8 Å². The van der Waals surface area contributed by atoms with Crippen LogP contribution >= 0.6 is 23.4 Å². The van der Waals surface area contributed by atoms with Crippen LogP contribution in [0.25, 0.3) is 0 Å². The lowest BCUT2D eigenvalue weighted by Gasteiger charge is -2.05. The van der Waals surface area contributed by atoms with Gasteiger partial charge in [-0.2, -0.15) is 9.78 Å². The Morgan fingerprint density at radius 1 is 1.45 bits per heavy atom. The predicted octanol–water partition coefficient (Wildman–Crippen LogP) is 3.24. The third kappa shape index (κ3) is 3.32. The van der Waals surface area contributed by atoms with E-state index in [1.54, 1.807) is 10.9 Å². The van der Waals surface area contributed by atoms with Crippen molar-refractivity contribution in [2.24, 2.45) is 5.10 Å². The van der Waals surface area contributed by atoms with Gasteiger partial charge in [-0.3, -0.25) is 0 Å². The quantitative estimate of drug-likeness (QED) is 0.628. The van der Waals surface area contributed by atoms with Crippen molar-refractivity contribution in [1.29, 1.82) is 0 Å². The second-order valence-electron chi connectivity index (χ2n) is 3.91. The zero-order valence-electron chi connectivity index (χ0n) is 11.5. The number of thioether (sulfide) groups is 1. The van der Waals surface area contributed by atoms with Gasteiger partial charge in [0.1, 0.15) is 5.75 Å². The van der Waals surface area contributed by atoms with Crippen molar-refractivity contribution in [3.05, 3.63) is 34.6 Å².